The van der Waals surface area contributed by atoms with Gasteiger partial charge in [0.25, 0.3) is 0 Å². The van der Waals surface area contributed by atoms with Gasteiger partial charge in [0, 0.05) is 28.2 Å². The van der Waals surface area contributed by atoms with Crippen molar-refractivity contribution in [1.82, 2.24) is 10.2 Å². The van der Waals surface area contributed by atoms with Gasteiger partial charge < -0.3 is 14.8 Å². The Bertz CT molecular complexity index is 1200. The number of anilines is 1. The number of nitrogens with one attached hydrogen (secondary N) is 2. The Labute approximate surface area is 171 Å². The Morgan fingerprint density at radius 2 is 2.14 bits per heavy atom. The summed E-state index contributed by atoms with van der Waals surface area (Å²) in [5.41, 5.74) is 3.12. The molecule has 7 heteroatoms. The molecule has 0 bridgehead atoms. The summed E-state index contributed by atoms with van der Waals surface area (Å²) in [5.74, 6) is 1.89. The third kappa shape index (κ3) is 3.23. The van der Waals surface area contributed by atoms with Gasteiger partial charge in [-0.1, -0.05) is 24.3 Å². The number of hydrogen-bond acceptors (Lipinski definition) is 5. The number of thiophene rings is 1. The molecule has 1 amide bonds. The second-order valence-electron chi connectivity index (χ2n) is 6.96. The zero-order chi connectivity index (χ0) is 19.8. The Kier molecular flexibility index (Phi) is 4.44. The Balaban J connectivity index is 1.42. The monoisotopic (exact) mass is 405 g/mol. The lowest BCUT2D eigenvalue weighted by Gasteiger charge is -2.23. The van der Waals surface area contributed by atoms with Crippen molar-refractivity contribution >= 4 is 33.1 Å². The van der Waals surface area contributed by atoms with E-state index in [4.69, 9.17) is 9.47 Å². The van der Waals surface area contributed by atoms with Crippen LogP contribution in [0.3, 0.4) is 0 Å². The van der Waals surface area contributed by atoms with Crippen molar-refractivity contribution in [3.63, 3.8) is 0 Å². The summed E-state index contributed by atoms with van der Waals surface area (Å²) in [6.45, 7) is 0.464. The lowest BCUT2D eigenvalue weighted by atomic mass is 9.87. The van der Waals surface area contributed by atoms with Gasteiger partial charge in [0.2, 0.25) is 5.91 Å². The van der Waals surface area contributed by atoms with Crippen molar-refractivity contribution < 1.29 is 14.3 Å². The van der Waals surface area contributed by atoms with E-state index < -0.39 is 0 Å². The molecule has 29 heavy (non-hydrogen) atoms. The molecule has 2 aromatic carbocycles. The third-order valence-electron chi connectivity index (χ3n) is 5.23. The van der Waals surface area contributed by atoms with Crippen LogP contribution >= 0.6 is 11.3 Å². The van der Waals surface area contributed by atoms with Crippen LogP contribution < -0.4 is 14.8 Å². The molecule has 3 heterocycles. The van der Waals surface area contributed by atoms with E-state index in [1.165, 1.54) is 10.1 Å². The number of nitrogens with zero attached hydrogens (tertiary/aromatic N) is 1. The Hall–Kier alpha value is -3.32. The number of rotatable bonds is 5. The molecule has 0 aliphatic carbocycles. The van der Waals surface area contributed by atoms with Crippen molar-refractivity contribution in [1.29, 1.82) is 0 Å². The molecule has 0 radical (unpaired) electrons. The van der Waals surface area contributed by atoms with E-state index in [0.717, 1.165) is 16.7 Å². The van der Waals surface area contributed by atoms with Crippen LogP contribution in [-0.4, -0.2) is 23.2 Å². The Morgan fingerprint density at radius 3 is 3.03 bits per heavy atom. The fourth-order valence-corrected chi connectivity index (χ4v) is 4.69. The van der Waals surface area contributed by atoms with E-state index in [1.54, 1.807) is 24.6 Å². The average Bonchev–Trinajstić information content (AvgIpc) is 3.40. The van der Waals surface area contributed by atoms with Gasteiger partial charge in [-0.2, -0.15) is 5.10 Å². The molecular formula is C22H19N3O3S. The first kappa shape index (κ1) is 17.8. The van der Waals surface area contributed by atoms with Gasteiger partial charge >= 0.3 is 0 Å². The first-order chi connectivity index (χ1) is 14.2. The van der Waals surface area contributed by atoms with Crippen molar-refractivity contribution in [2.75, 3.05) is 12.4 Å². The van der Waals surface area contributed by atoms with Gasteiger partial charge in [0.1, 0.15) is 12.4 Å². The van der Waals surface area contributed by atoms with Gasteiger partial charge in [-0.3, -0.25) is 9.89 Å². The van der Waals surface area contributed by atoms with Crippen molar-refractivity contribution in [3.8, 4) is 11.5 Å². The minimum Gasteiger partial charge on any atom is -0.493 e. The highest BCUT2D eigenvalue weighted by atomic mass is 32.1. The second kappa shape index (κ2) is 7.25. The zero-order valence-corrected chi connectivity index (χ0v) is 16.6. The van der Waals surface area contributed by atoms with E-state index in [9.17, 15) is 4.79 Å². The third-order valence-corrected chi connectivity index (χ3v) is 6.24. The number of H-pyrrole nitrogens is 1. The molecule has 0 saturated carbocycles. The number of aromatic amines is 1. The van der Waals surface area contributed by atoms with Crippen molar-refractivity contribution in [2.24, 2.45) is 0 Å². The largest absolute Gasteiger partial charge is 0.493 e. The predicted molar refractivity (Wildman–Crippen MR) is 113 cm³/mol. The highest BCUT2D eigenvalue weighted by molar-refractivity contribution is 7.17. The summed E-state index contributed by atoms with van der Waals surface area (Å²) in [7, 11) is 1.63. The van der Waals surface area contributed by atoms with Crippen LogP contribution in [0.2, 0.25) is 0 Å². The maximum absolute atomic E-state index is 12.1. The standard InChI is InChI=1S/C22H19N3O3S/c1-27-19-9-14(16-10-20(26)24-22-17(16)11-23-25-22)5-6-18(19)28-12-15-4-2-3-13-7-8-29-21(13)15/h2-9,11,16H,10,12H2,1H3,(H2,23,24,25,26). The summed E-state index contributed by atoms with van der Waals surface area (Å²) in [4.78, 5) is 12.1. The van der Waals surface area contributed by atoms with Gasteiger partial charge in [-0.05, 0) is 34.5 Å². The highest BCUT2D eigenvalue weighted by Gasteiger charge is 2.28. The smallest absolute Gasteiger partial charge is 0.226 e. The topological polar surface area (TPSA) is 76.2 Å². The molecule has 2 N–H and O–H groups in total. The fraction of sp³-hybridized carbons (Fsp3) is 0.182. The van der Waals surface area contributed by atoms with E-state index in [0.29, 0.717) is 30.3 Å². The van der Waals surface area contributed by atoms with Crippen LogP contribution in [0.5, 0.6) is 11.5 Å². The first-order valence-corrected chi connectivity index (χ1v) is 10.2. The van der Waals surface area contributed by atoms with Crippen LogP contribution in [-0.2, 0) is 11.4 Å². The number of methoxy groups -OCH3 is 1. The maximum Gasteiger partial charge on any atom is 0.226 e. The van der Waals surface area contributed by atoms with Crippen molar-refractivity contribution in [3.05, 3.63) is 70.7 Å². The Morgan fingerprint density at radius 1 is 1.21 bits per heavy atom. The minimum absolute atomic E-state index is 0.0323. The normalized spacial score (nSPS) is 15.8. The van der Waals surface area contributed by atoms with Gasteiger partial charge in [-0.15, -0.1) is 11.3 Å². The molecule has 0 saturated heterocycles. The number of benzene rings is 2. The predicted octanol–water partition coefficient (Wildman–Crippen LogP) is 4.69. The summed E-state index contributed by atoms with van der Waals surface area (Å²) < 4.78 is 12.9. The molecule has 1 atom stereocenters. The number of carbonyl (C=O) groups is 1. The molecule has 4 aromatic rings. The number of aromatic nitrogens is 2. The van der Waals surface area contributed by atoms with Gasteiger partial charge in [0.15, 0.2) is 11.5 Å². The van der Waals surface area contributed by atoms with E-state index in [-0.39, 0.29) is 11.8 Å². The number of hydrogen-bond donors (Lipinski definition) is 2. The quantitative estimate of drug-likeness (QED) is 0.505. The minimum atomic E-state index is -0.0692. The molecule has 1 aliphatic rings. The molecule has 146 valence electrons. The van der Waals surface area contributed by atoms with Crippen LogP contribution in [0.25, 0.3) is 10.1 Å². The zero-order valence-electron chi connectivity index (χ0n) is 15.8. The molecule has 6 nitrogen and oxygen atoms in total. The lowest BCUT2D eigenvalue weighted by Crippen LogP contribution is -2.23. The molecule has 0 fully saturated rings. The highest BCUT2D eigenvalue weighted by Crippen LogP contribution is 2.39. The fourth-order valence-electron chi connectivity index (χ4n) is 3.79. The van der Waals surface area contributed by atoms with E-state index in [1.807, 2.05) is 24.3 Å². The summed E-state index contributed by atoms with van der Waals surface area (Å²) >= 11 is 1.72. The van der Waals surface area contributed by atoms with Gasteiger partial charge in [0.05, 0.1) is 13.3 Å². The number of amides is 1. The van der Waals surface area contributed by atoms with Crippen LogP contribution in [0.1, 0.15) is 29.0 Å². The van der Waals surface area contributed by atoms with E-state index in [2.05, 4.69) is 39.1 Å². The molecular weight excluding hydrogens is 386 g/mol. The molecule has 1 aliphatic heterocycles. The van der Waals surface area contributed by atoms with Crippen molar-refractivity contribution in [2.45, 2.75) is 18.9 Å². The molecule has 5 rings (SSSR count). The average molecular weight is 405 g/mol. The maximum atomic E-state index is 12.1. The summed E-state index contributed by atoms with van der Waals surface area (Å²) in [6, 6.07) is 14.2. The first-order valence-electron chi connectivity index (χ1n) is 9.32. The summed E-state index contributed by atoms with van der Waals surface area (Å²) in [5, 5.41) is 13.0. The van der Waals surface area contributed by atoms with E-state index >= 15 is 0 Å². The molecule has 2 aromatic heterocycles. The van der Waals surface area contributed by atoms with Crippen LogP contribution in [0.15, 0.2) is 54.0 Å². The number of carbonyl (C=O) groups excluding carboxylic acids is 1. The molecule has 1 unspecified atom stereocenters. The SMILES string of the molecule is COc1cc(C2CC(=O)Nc3[nH]ncc32)ccc1OCc1cccc2ccsc12. The summed E-state index contributed by atoms with van der Waals surface area (Å²) in [6.07, 6.45) is 2.13. The number of ether oxygens (including phenoxy) is 2. The van der Waals surface area contributed by atoms with Crippen LogP contribution in [0, 0.1) is 0 Å². The second-order valence-corrected chi connectivity index (χ2v) is 7.88. The van der Waals surface area contributed by atoms with Gasteiger partial charge in [-0.25, -0.2) is 0 Å². The molecule has 0 spiro atoms. The van der Waals surface area contributed by atoms with Crippen LogP contribution in [0.4, 0.5) is 5.82 Å². The number of fused-ring (bicyclic) bond motifs is 2. The lowest BCUT2D eigenvalue weighted by molar-refractivity contribution is -0.116.